The average Bonchev–Trinajstić information content (AvgIpc) is 3.09. The lowest BCUT2D eigenvalue weighted by molar-refractivity contribution is -0.379. The molecular weight excluding hydrogens is 816 g/mol. The smallest absolute Gasteiger partial charge is 0.303 e. The van der Waals surface area contributed by atoms with Gasteiger partial charge in [-0.1, -0.05) is 0 Å². The van der Waals surface area contributed by atoms with Gasteiger partial charge in [-0.25, -0.2) is 0 Å². The monoisotopic (exact) mass is 866 g/mol. The predicted octanol–water partition coefficient (Wildman–Crippen LogP) is -1.41. The van der Waals surface area contributed by atoms with E-state index in [-0.39, 0.29) is 0 Å². The van der Waals surface area contributed by atoms with E-state index < -0.39 is 159 Å². The largest absolute Gasteiger partial charge is 0.463 e. The minimum absolute atomic E-state index is 0.674. The van der Waals surface area contributed by atoms with Crippen molar-refractivity contribution in [3.63, 3.8) is 0 Å². The van der Waals surface area contributed by atoms with Crippen molar-refractivity contribution in [1.82, 2.24) is 0 Å². The lowest BCUT2D eigenvalue weighted by Crippen LogP contribution is -2.68. The third-order valence-corrected chi connectivity index (χ3v) is 8.53. The molecular formula is C36H50O24. The maximum Gasteiger partial charge on any atom is 0.303 e. The summed E-state index contributed by atoms with van der Waals surface area (Å²) in [6.07, 6.45) is -25.9. The highest BCUT2D eigenvalue weighted by atomic mass is 16.8. The van der Waals surface area contributed by atoms with Gasteiger partial charge in [0.05, 0.1) is 6.10 Å². The maximum atomic E-state index is 12.8. The van der Waals surface area contributed by atoms with Crippen LogP contribution in [0.2, 0.25) is 0 Å². The van der Waals surface area contributed by atoms with Gasteiger partial charge in [-0.2, -0.15) is 0 Å². The molecule has 0 bridgehead atoms. The van der Waals surface area contributed by atoms with Crippen LogP contribution in [-0.2, 0) is 109 Å². The number of hydrogen-bond donors (Lipinski definition) is 1. The normalized spacial score (nSPS) is 33.8. The molecule has 0 aliphatic carbocycles. The molecule has 24 heteroatoms. The molecule has 0 aromatic rings. The molecule has 3 saturated heterocycles. The van der Waals surface area contributed by atoms with Gasteiger partial charge in [0.15, 0.2) is 61.6 Å². The Hall–Kier alpha value is -5.01. The van der Waals surface area contributed by atoms with Crippen LogP contribution in [0.4, 0.5) is 0 Å². The first-order chi connectivity index (χ1) is 28.0. The Morgan fingerprint density at radius 3 is 1.07 bits per heavy atom. The summed E-state index contributed by atoms with van der Waals surface area (Å²) >= 11 is 0. The Morgan fingerprint density at radius 2 is 0.683 bits per heavy atom. The Kier molecular flexibility index (Phi) is 18.1. The van der Waals surface area contributed by atoms with E-state index in [0.29, 0.717) is 0 Å². The van der Waals surface area contributed by atoms with E-state index >= 15 is 0 Å². The summed E-state index contributed by atoms with van der Waals surface area (Å²) in [5.41, 5.74) is 0. The topological polar surface area (TPSA) is 303 Å². The SMILES string of the molecule is CC(=O)OC[C@@H]1O[C@H](O[C@H]2[C@H](OC(C)=O)[C@@H](O[C@@H]3[C@@H](OC(C)=O)[C@H](C)O[C@H](O)[C@H]3OC(C)=O)O[C@@H](COC(C)=O)[C@@H]2OC(C)=O)[C@@H](OC(C)=O)[C@H](OC(C)=O)[C@H]1OC(C)=O. The average molecular weight is 867 g/mol. The van der Waals surface area contributed by atoms with Gasteiger partial charge in [0, 0.05) is 62.3 Å². The van der Waals surface area contributed by atoms with Crippen LogP contribution in [0.1, 0.15) is 69.2 Å². The van der Waals surface area contributed by atoms with E-state index in [0.717, 1.165) is 62.3 Å². The number of aliphatic hydroxyl groups is 1. The molecule has 3 aliphatic heterocycles. The first kappa shape index (κ1) is 49.4. The molecule has 3 rings (SSSR count). The highest BCUT2D eigenvalue weighted by Gasteiger charge is 2.59. The molecule has 3 fully saturated rings. The second-order valence-electron chi connectivity index (χ2n) is 13.6. The number of aliphatic hydroxyl groups excluding tert-OH is 1. The number of rotatable bonds is 15. The van der Waals surface area contributed by atoms with Crippen LogP contribution < -0.4 is 0 Å². The van der Waals surface area contributed by atoms with Crippen LogP contribution >= 0.6 is 0 Å². The molecule has 0 spiro atoms. The van der Waals surface area contributed by atoms with Crippen LogP contribution in [0.5, 0.6) is 0 Å². The fourth-order valence-electron chi connectivity index (χ4n) is 6.55. The number of hydrogen-bond acceptors (Lipinski definition) is 24. The van der Waals surface area contributed by atoms with Crippen molar-refractivity contribution in [3.05, 3.63) is 0 Å². The van der Waals surface area contributed by atoms with Crippen LogP contribution in [-0.4, -0.2) is 164 Å². The van der Waals surface area contributed by atoms with Gasteiger partial charge in [0.1, 0.15) is 37.6 Å². The summed E-state index contributed by atoms with van der Waals surface area (Å²) in [7, 11) is 0. The number of ether oxygens (including phenoxy) is 14. The van der Waals surface area contributed by atoms with Crippen molar-refractivity contribution in [2.24, 2.45) is 0 Å². The molecule has 0 unspecified atom stereocenters. The van der Waals surface area contributed by atoms with Crippen molar-refractivity contribution in [3.8, 4) is 0 Å². The molecule has 338 valence electrons. The molecule has 0 aromatic heterocycles. The van der Waals surface area contributed by atoms with Gasteiger partial charge >= 0.3 is 53.7 Å². The molecule has 0 saturated carbocycles. The fourth-order valence-corrected chi connectivity index (χ4v) is 6.55. The first-order valence-corrected chi connectivity index (χ1v) is 18.4. The van der Waals surface area contributed by atoms with Crippen molar-refractivity contribution in [2.45, 2.75) is 161 Å². The van der Waals surface area contributed by atoms with E-state index in [4.69, 9.17) is 66.3 Å². The third-order valence-electron chi connectivity index (χ3n) is 8.53. The van der Waals surface area contributed by atoms with Crippen molar-refractivity contribution in [1.29, 1.82) is 0 Å². The fraction of sp³-hybridized carbons (Fsp3) is 0.750. The minimum Gasteiger partial charge on any atom is -0.463 e. The Bertz CT molecular complexity index is 1570. The van der Waals surface area contributed by atoms with Gasteiger partial charge in [-0.15, -0.1) is 0 Å². The molecule has 3 aliphatic rings. The summed E-state index contributed by atoms with van der Waals surface area (Å²) in [5, 5.41) is 10.9. The van der Waals surface area contributed by atoms with E-state index in [1.165, 1.54) is 6.92 Å². The second kappa shape index (κ2) is 22.0. The molecule has 0 amide bonds. The molecule has 60 heavy (non-hydrogen) atoms. The number of carbonyl (C=O) groups excluding carboxylic acids is 9. The molecule has 24 nitrogen and oxygen atoms in total. The Labute approximate surface area is 342 Å². The van der Waals surface area contributed by atoms with Gasteiger partial charge in [0.25, 0.3) is 0 Å². The number of esters is 9. The molecule has 0 aromatic carbocycles. The van der Waals surface area contributed by atoms with Crippen LogP contribution in [0, 0.1) is 0 Å². The third kappa shape index (κ3) is 14.0. The highest BCUT2D eigenvalue weighted by Crippen LogP contribution is 2.38. The van der Waals surface area contributed by atoms with Gasteiger partial charge in [0.2, 0.25) is 0 Å². The lowest BCUT2D eigenvalue weighted by Gasteiger charge is -2.50. The van der Waals surface area contributed by atoms with Gasteiger partial charge in [-0.05, 0) is 6.92 Å². The quantitative estimate of drug-likeness (QED) is 0.146. The predicted molar refractivity (Wildman–Crippen MR) is 186 cm³/mol. The van der Waals surface area contributed by atoms with E-state index in [9.17, 15) is 48.3 Å². The highest BCUT2D eigenvalue weighted by molar-refractivity contribution is 5.70. The van der Waals surface area contributed by atoms with Crippen molar-refractivity contribution >= 4 is 53.7 Å². The molecule has 1 N–H and O–H groups in total. The lowest BCUT2D eigenvalue weighted by atomic mass is 9.95. The summed E-state index contributed by atoms with van der Waals surface area (Å²) in [6.45, 7) is 9.03. The summed E-state index contributed by atoms with van der Waals surface area (Å²) in [6, 6.07) is 0. The standard InChI is InChI=1S/C36H50O24/c1-13-25(50-16(4)39)28(31(34(46)49-13)54-20(8)43)59-36-33(56-22(10)45)30(27(52-18(6)41)24(58-36)12-48-15(3)38)60-35-32(55-21(9)44)29(53-19(7)42)26(51-17(5)40)23(57-35)11-47-14(2)37/h13,23-36,46H,11-12H2,1-10H3/t13-,23-,24-,25-,26-,27-,28+,29+,30+,31-,32-,33-,34-,35+,36+/m0/s1. The van der Waals surface area contributed by atoms with Crippen LogP contribution in [0.3, 0.4) is 0 Å². The minimum atomic E-state index is -1.99. The van der Waals surface area contributed by atoms with Gasteiger partial charge < -0.3 is 71.4 Å². The van der Waals surface area contributed by atoms with Gasteiger partial charge in [-0.3, -0.25) is 43.2 Å². The van der Waals surface area contributed by atoms with E-state index in [1.54, 1.807) is 0 Å². The Morgan fingerprint density at radius 1 is 0.383 bits per heavy atom. The zero-order chi connectivity index (χ0) is 45.2. The summed E-state index contributed by atoms with van der Waals surface area (Å²) in [4.78, 5) is 111. The maximum absolute atomic E-state index is 12.8. The molecule has 3 heterocycles. The summed E-state index contributed by atoms with van der Waals surface area (Å²) in [5.74, 6) is -8.42. The number of carbonyl (C=O) groups is 9. The van der Waals surface area contributed by atoms with Crippen molar-refractivity contribution < 1.29 is 115 Å². The zero-order valence-electron chi connectivity index (χ0n) is 34.4. The second-order valence-corrected chi connectivity index (χ2v) is 13.6. The molecule has 0 radical (unpaired) electrons. The van der Waals surface area contributed by atoms with E-state index in [1.807, 2.05) is 0 Å². The van der Waals surface area contributed by atoms with E-state index in [2.05, 4.69) is 0 Å². The Balaban J connectivity index is 2.30. The first-order valence-electron chi connectivity index (χ1n) is 18.4. The zero-order valence-corrected chi connectivity index (χ0v) is 34.4. The van der Waals surface area contributed by atoms with Crippen LogP contribution in [0.25, 0.3) is 0 Å². The molecule has 15 atom stereocenters. The van der Waals surface area contributed by atoms with Crippen molar-refractivity contribution in [2.75, 3.05) is 13.2 Å². The van der Waals surface area contributed by atoms with Crippen LogP contribution in [0.15, 0.2) is 0 Å². The summed E-state index contributed by atoms with van der Waals surface area (Å²) < 4.78 is 79.0.